The summed E-state index contributed by atoms with van der Waals surface area (Å²) >= 11 is 3.60. The molecule has 5 rings (SSSR count). The summed E-state index contributed by atoms with van der Waals surface area (Å²) in [6.07, 6.45) is 8.35. The number of rotatable bonds is 4. The predicted octanol–water partition coefficient (Wildman–Crippen LogP) is 5.25. The Morgan fingerprint density at radius 1 is 1.19 bits per heavy atom. The quantitative estimate of drug-likeness (QED) is 0.500. The van der Waals surface area contributed by atoms with E-state index in [1.54, 1.807) is 17.2 Å². The van der Waals surface area contributed by atoms with Crippen LogP contribution in [0.25, 0.3) is 11.1 Å². The Hall–Kier alpha value is -2.54. The molecule has 1 N–H and O–H groups in total. The SMILES string of the molecule is C[C@@]1(C(=O)NC2CCCCCC2)Cn2c(cc3occc32)C(=O)N1Cc1ccccc1Br. The van der Waals surface area contributed by atoms with E-state index >= 15 is 0 Å². The minimum absolute atomic E-state index is 0.0826. The van der Waals surface area contributed by atoms with Crippen LogP contribution in [-0.4, -0.2) is 32.9 Å². The third-order valence-electron chi connectivity index (χ3n) is 7.01. The molecule has 0 saturated heterocycles. The minimum Gasteiger partial charge on any atom is -0.463 e. The molecule has 1 aliphatic heterocycles. The zero-order valence-electron chi connectivity index (χ0n) is 18.3. The Kier molecular flexibility index (Phi) is 5.61. The molecule has 6 nitrogen and oxygen atoms in total. The van der Waals surface area contributed by atoms with Crippen molar-refractivity contribution >= 4 is 38.8 Å². The number of fused-ring (bicyclic) bond motifs is 3. The van der Waals surface area contributed by atoms with Gasteiger partial charge < -0.3 is 19.2 Å². The maximum Gasteiger partial charge on any atom is 0.271 e. The van der Waals surface area contributed by atoms with E-state index in [4.69, 9.17) is 4.42 Å². The Morgan fingerprint density at radius 2 is 1.94 bits per heavy atom. The van der Waals surface area contributed by atoms with Crippen LogP contribution in [0.3, 0.4) is 0 Å². The monoisotopic (exact) mass is 497 g/mol. The van der Waals surface area contributed by atoms with Gasteiger partial charge in [0.15, 0.2) is 5.58 Å². The highest BCUT2D eigenvalue weighted by Crippen LogP contribution is 2.35. The van der Waals surface area contributed by atoms with E-state index in [0.29, 0.717) is 24.4 Å². The lowest BCUT2D eigenvalue weighted by molar-refractivity contribution is -0.134. The van der Waals surface area contributed by atoms with Gasteiger partial charge in [0.1, 0.15) is 11.2 Å². The number of benzene rings is 1. The topological polar surface area (TPSA) is 67.5 Å². The molecule has 1 atom stereocenters. The first-order valence-corrected chi connectivity index (χ1v) is 12.2. The molecule has 1 aliphatic carbocycles. The first kappa shape index (κ1) is 21.3. The van der Waals surface area contributed by atoms with Gasteiger partial charge in [-0.1, -0.05) is 59.8 Å². The number of halogens is 1. The van der Waals surface area contributed by atoms with Crippen LogP contribution in [0, 0.1) is 0 Å². The highest BCUT2D eigenvalue weighted by atomic mass is 79.9. The van der Waals surface area contributed by atoms with Crippen molar-refractivity contribution in [3.05, 3.63) is 58.4 Å². The van der Waals surface area contributed by atoms with Gasteiger partial charge in [-0.25, -0.2) is 0 Å². The van der Waals surface area contributed by atoms with Crippen LogP contribution in [0.5, 0.6) is 0 Å². The molecule has 2 aromatic heterocycles. The van der Waals surface area contributed by atoms with Crippen molar-refractivity contribution < 1.29 is 14.0 Å². The van der Waals surface area contributed by atoms with Crippen LogP contribution in [-0.2, 0) is 17.9 Å². The predicted molar refractivity (Wildman–Crippen MR) is 126 cm³/mol. The van der Waals surface area contributed by atoms with Gasteiger partial charge in [0, 0.05) is 29.2 Å². The summed E-state index contributed by atoms with van der Waals surface area (Å²) in [4.78, 5) is 29.2. The van der Waals surface area contributed by atoms with Gasteiger partial charge in [0.2, 0.25) is 5.91 Å². The van der Waals surface area contributed by atoms with Gasteiger partial charge in [-0.3, -0.25) is 9.59 Å². The van der Waals surface area contributed by atoms with Crippen molar-refractivity contribution in [1.82, 2.24) is 14.8 Å². The first-order chi connectivity index (χ1) is 15.5. The summed E-state index contributed by atoms with van der Waals surface area (Å²) in [5, 5.41) is 3.30. The zero-order valence-corrected chi connectivity index (χ0v) is 19.9. The molecule has 1 fully saturated rings. The molecule has 1 saturated carbocycles. The van der Waals surface area contributed by atoms with E-state index in [1.165, 1.54) is 12.8 Å². The first-order valence-electron chi connectivity index (χ1n) is 11.4. The molecule has 3 aromatic rings. The van der Waals surface area contributed by atoms with E-state index in [-0.39, 0.29) is 17.9 Å². The van der Waals surface area contributed by atoms with Gasteiger partial charge in [-0.2, -0.15) is 0 Å². The summed E-state index contributed by atoms with van der Waals surface area (Å²) in [6, 6.07) is 11.7. The normalized spacial score (nSPS) is 22.1. The number of hydrogen-bond acceptors (Lipinski definition) is 3. The number of furan rings is 1. The zero-order chi connectivity index (χ0) is 22.3. The van der Waals surface area contributed by atoms with E-state index in [0.717, 1.165) is 41.2 Å². The standard InChI is InChI=1S/C25H28BrN3O3/c1-25(24(31)27-18-9-4-2-3-5-10-18)16-28-20-12-13-32-22(20)14-21(28)23(30)29(25)15-17-8-6-7-11-19(17)26/h6-8,11-14,18H,2-5,9-10,15-16H2,1H3,(H,27,31)/t25-/m0/s1. The van der Waals surface area contributed by atoms with E-state index < -0.39 is 5.54 Å². The molecular formula is C25H28BrN3O3. The second-order valence-electron chi connectivity index (χ2n) is 9.20. The van der Waals surface area contributed by atoms with Crippen LogP contribution < -0.4 is 5.32 Å². The molecule has 168 valence electrons. The summed E-state index contributed by atoms with van der Waals surface area (Å²) in [5.41, 5.74) is 2.03. The fourth-order valence-electron chi connectivity index (χ4n) is 5.08. The average molecular weight is 498 g/mol. The molecule has 32 heavy (non-hydrogen) atoms. The van der Waals surface area contributed by atoms with Gasteiger partial charge >= 0.3 is 0 Å². The number of aromatic nitrogens is 1. The van der Waals surface area contributed by atoms with Crippen molar-refractivity contribution in [2.45, 2.75) is 70.1 Å². The number of carbonyl (C=O) groups excluding carboxylic acids is 2. The molecule has 1 aromatic carbocycles. The fourth-order valence-corrected chi connectivity index (χ4v) is 5.49. The third kappa shape index (κ3) is 3.66. The van der Waals surface area contributed by atoms with Gasteiger partial charge in [0.05, 0.1) is 18.3 Å². The third-order valence-corrected chi connectivity index (χ3v) is 7.79. The Balaban J connectivity index is 1.53. The Labute approximate surface area is 196 Å². The van der Waals surface area contributed by atoms with Crippen molar-refractivity contribution in [2.75, 3.05) is 0 Å². The fraction of sp³-hybridized carbons (Fsp3) is 0.440. The van der Waals surface area contributed by atoms with Crippen molar-refractivity contribution in [3.63, 3.8) is 0 Å². The van der Waals surface area contributed by atoms with Crippen LogP contribution in [0.2, 0.25) is 0 Å². The maximum atomic E-state index is 13.8. The van der Waals surface area contributed by atoms with Crippen LogP contribution in [0.1, 0.15) is 61.5 Å². The van der Waals surface area contributed by atoms with E-state index in [2.05, 4.69) is 21.2 Å². The Bertz CT molecular complexity index is 1160. The largest absolute Gasteiger partial charge is 0.463 e. The summed E-state index contributed by atoms with van der Waals surface area (Å²) in [5.74, 6) is -0.238. The van der Waals surface area contributed by atoms with E-state index in [1.807, 2.05) is 41.8 Å². The lowest BCUT2D eigenvalue weighted by Crippen LogP contribution is -2.64. The molecule has 0 bridgehead atoms. The van der Waals surface area contributed by atoms with Gasteiger partial charge in [-0.15, -0.1) is 0 Å². The molecule has 0 radical (unpaired) electrons. The van der Waals surface area contributed by atoms with E-state index in [9.17, 15) is 9.59 Å². The summed E-state index contributed by atoms with van der Waals surface area (Å²) in [7, 11) is 0. The second kappa shape index (κ2) is 8.43. The number of amides is 2. The number of nitrogens with one attached hydrogen (secondary N) is 1. The second-order valence-corrected chi connectivity index (χ2v) is 10.1. The smallest absolute Gasteiger partial charge is 0.271 e. The summed E-state index contributed by atoms with van der Waals surface area (Å²) in [6.45, 7) is 2.63. The van der Waals surface area contributed by atoms with Gasteiger partial charge in [-0.05, 0) is 31.4 Å². The van der Waals surface area contributed by atoms with Crippen molar-refractivity contribution in [3.8, 4) is 0 Å². The minimum atomic E-state index is -1.02. The van der Waals surface area contributed by atoms with Crippen LogP contribution in [0.4, 0.5) is 0 Å². The van der Waals surface area contributed by atoms with Crippen molar-refractivity contribution in [1.29, 1.82) is 0 Å². The molecule has 0 unspecified atom stereocenters. The molecular weight excluding hydrogens is 470 g/mol. The number of nitrogens with zero attached hydrogens (tertiary/aromatic N) is 2. The van der Waals surface area contributed by atoms with Crippen LogP contribution in [0.15, 0.2) is 51.6 Å². The molecule has 7 heteroatoms. The van der Waals surface area contributed by atoms with Crippen molar-refractivity contribution in [2.24, 2.45) is 0 Å². The highest BCUT2D eigenvalue weighted by molar-refractivity contribution is 9.10. The number of hydrogen-bond donors (Lipinski definition) is 1. The average Bonchev–Trinajstić information content (AvgIpc) is 3.27. The molecule has 2 aliphatic rings. The van der Waals surface area contributed by atoms with Gasteiger partial charge in [0.25, 0.3) is 5.91 Å². The Morgan fingerprint density at radius 3 is 2.69 bits per heavy atom. The molecule has 0 spiro atoms. The van der Waals surface area contributed by atoms with Crippen LogP contribution >= 0.6 is 15.9 Å². The maximum absolute atomic E-state index is 13.8. The lowest BCUT2D eigenvalue weighted by atomic mass is 9.93. The highest BCUT2D eigenvalue weighted by Gasteiger charge is 2.48. The molecule has 3 heterocycles. The molecule has 2 amide bonds. The number of carbonyl (C=O) groups is 2. The summed E-state index contributed by atoms with van der Waals surface area (Å²) < 4.78 is 8.42. The lowest BCUT2D eigenvalue weighted by Gasteiger charge is -2.44.